The number of rotatable bonds is 6. The summed E-state index contributed by atoms with van der Waals surface area (Å²) in [6, 6.07) is 3.39. The molecule has 1 fully saturated rings. The second-order valence-electron chi connectivity index (χ2n) is 6.57. The van der Waals surface area contributed by atoms with Gasteiger partial charge in [-0.15, -0.1) is 23.2 Å². The van der Waals surface area contributed by atoms with Crippen LogP contribution in [0.2, 0.25) is 0 Å². The molecule has 0 unspecified atom stereocenters. The summed E-state index contributed by atoms with van der Waals surface area (Å²) in [4.78, 5) is 26.6. The first-order valence-electron chi connectivity index (χ1n) is 9.18. The van der Waals surface area contributed by atoms with E-state index in [1.165, 1.54) is 18.4 Å². The number of amides is 1. The zero-order valence-electron chi connectivity index (χ0n) is 16.4. The monoisotopic (exact) mass is 399 g/mol. The van der Waals surface area contributed by atoms with E-state index < -0.39 is 6.10 Å². The first-order valence-corrected chi connectivity index (χ1v) is 10.0. The lowest BCUT2D eigenvalue weighted by Crippen LogP contribution is -2.32. The van der Waals surface area contributed by atoms with E-state index in [-0.39, 0.29) is 23.8 Å². The number of hydrogen-bond donors (Lipinski definition) is 1. The molecule has 5 nitrogen and oxygen atoms in total. The minimum atomic E-state index is -0.590. The van der Waals surface area contributed by atoms with Crippen molar-refractivity contribution in [1.82, 2.24) is 4.90 Å². The number of hydrogen-bond acceptors (Lipinski definition) is 5. The predicted molar refractivity (Wildman–Crippen MR) is 110 cm³/mol. The molecule has 2 heterocycles. The molecule has 1 amide bonds. The minimum absolute atomic E-state index is 0.0388. The van der Waals surface area contributed by atoms with E-state index in [1.807, 2.05) is 13.0 Å². The van der Waals surface area contributed by atoms with Crippen LogP contribution in [0, 0.1) is 29.6 Å². The first-order chi connectivity index (χ1) is 13.5. The van der Waals surface area contributed by atoms with Crippen LogP contribution in [0.3, 0.4) is 0 Å². The zero-order chi connectivity index (χ0) is 20.5. The highest BCUT2D eigenvalue weighted by Crippen LogP contribution is 2.21. The fourth-order valence-electron chi connectivity index (χ4n) is 2.80. The van der Waals surface area contributed by atoms with Crippen molar-refractivity contribution in [3.63, 3.8) is 0 Å². The molecule has 0 spiro atoms. The van der Waals surface area contributed by atoms with Crippen molar-refractivity contribution in [2.75, 3.05) is 13.7 Å². The smallest absolute Gasteiger partial charge is 0.348 e. The van der Waals surface area contributed by atoms with Crippen molar-refractivity contribution < 1.29 is 19.4 Å². The molecule has 0 bridgehead atoms. The van der Waals surface area contributed by atoms with Crippen LogP contribution in [0.1, 0.15) is 47.7 Å². The van der Waals surface area contributed by atoms with Crippen LogP contribution in [0.4, 0.5) is 0 Å². The van der Waals surface area contributed by atoms with E-state index >= 15 is 0 Å². The van der Waals surface area contributed by atoms with Gasteiger partial charge in [0.1, 0.15) is 4.88 Å². The van der Waals surface area contributed by atoms with Gasteiger partial charge in [-0.1, -0.05) is 30.9 Å². The van der Waals surface area contributed by atoms with Gasteiger partial charge >= 0.3 is 5.97 Å². The fourth-order valence-corrected chi connectivity index (χ4v) is 3.60. The normalized spacial score (nSPS) is 18.2. The first kappa shape index (κ1) is 21.8. The van der Waals surface area contributed by atoms with Crippen LogP contribution in [-0.2, 0) is 9.53 Å². The van der Waals surface area contributed by atoms with Crippen molar-refractivity contribution >= 4 is 23.2 Å². The van der Waals surface area contributed by atoms with Gasteiger partial charge in [0.2, 0.25) is 5.91 Å². The molecule has 1 aliphatic heterocycles. The molecule has 6 heteroatoms. The van der Waals surface area contributed by atoms with Gasteiger partial charge in [0.15, 0.2) is 0 Å². The standard InChI is InChI=1S/C22H25NO4S/c1-4-5-7-16(2)19(24)12-9-17-10-14-21(25)23(17)15-6-8-18-11-13-20(28-18)22(26)27-3/h9,11-13,16-17,19,24H,7,10,14-15H2,1-3H3/t16-,17-,19+/m0/s1. The van der Waals surface area contributed by atoms with Crippen LogP contribution in [-0.4, -0.2) is 47.7 Å². The predicted octanol–water partition coefficient (Wildman–Crippen LogP) is 2.84. The molecule has 1 N–H and O–H groups in total. The third-order valence-electron chi connectivity index (χ3n) is 4.54. The minimum Gasteiger partial charge on any atom is -0.465 e. The quantitative estimate of drug-likeness (QED) is 0.454. The molecule has 0 saturated carbocycles. The Morgan fingerprint density at radius 3 is 2.96 bits per heavy atom. The van der Waals surface area contributed by atoms with Crippen LogP contribution >= 0.6 is 11.3 Å². The largest absolute Gasteiger partial charge is 0.465 e. The lowest BCUT2D eigenvalue weighted by molar-refractivity contribution is -0.127. The Hall–Kier alpha value is -2.54. The molecular formula is C22H25NO4S. The van der Waals surface area contributed by atoms with Gasteiger partial charge in [-0.25, -0.2) is 4.79 Å². The number of carbonyl (C=O) groups excluding carboxylic acids is 2. The number of likely N-dealkylation sites (tertiary alicyclic amines) is 1. The summed E-state index contributed by atoms with van der Waals surface area (Å²) in [7, 11) is 1.34. The van der Waals surface area contributed by atoms with E-state index in [1.54, 1.807) is 30.0 Å². The summed E-state index contributed by atoms with van der Waals surface area (Å²) in [5.74, 6) is 11.5. The fraction of sp³-hybridized carbons (Fsp3) is 0.455. The van der Waals surface area contributed by atoms with Crippen molar-refractivity contribution in [3.8, 4) is 23.7 Å². The number of carbonyl (C=O) groups is 2. The molecule has 2 rings (SSSR count). The van der Waals surface area contributed by atoms with Gasteiger partial charge in [0, 0.05) is 12.8 Å². The summed E-state index contributed by atoms with van der Waals surface area (Å²) < 4.78 is 4.68. The van der Waals surface area contributed by atoms with E-state index in [9.17, 15) is 14.7 Å². The summed E-state index contributed by atoms with van der Waals surface area (Å²) in [6.45, 7) is 4.04. The Kier molecular flexibility index (Phi) is 8.32. The van der Waals surface area contributed by atoms with Crippen LogP contribution < -0.4 is 0 Å². The number of methoxy groups -OCH3 is 1. The van der Waals surface area contributed by atoms with Crippen LogP contribution in [0.5, 0.6) is 0 Å². The molecule has 1 saturated heterocycles. The third kappa shape index (κ3) is 5.99. The lowest BCUT2D eigenvalue weighted by atomic mass is 10.00. The molecule has 28 heavy (non-hydrogen) atoms. The molecule has 3 atom stereocenters. The Morgan fingerprint density at radius 1 is 1.46 bits per heavy atom. The average Bonchev–Trinajstić information content (AvgIpc) is 3.31. The lowest BCUT2D eigenvalue weighted by Gasteiger charge is -2.20. The van der Waals surface area contributed by atoms with E-state index in [4.69, 9.17) is 0 Å². The molecule has 1 aliphatic rings. The van der Waals surface area contributed by atoms with Gasteiger partial charge in [-0.05, 0) is 31.4 Å². The van der Waals surface area contributed by atoms with Gasteiger partial charge in [-0.2, -0.15) is 0 Å². The number of aliphatic hydroxyl groups excluding tert-OH is 1. The van der Waals surface area contributed by atoms with Gasteiger partial charge in [-0.3, -0.25) is 4.79 Å². The maximum atomic E-state index is 12.2. The van der Waals surface area contributed by atoms with Crippen molar-refractivity contribution in [2.45, 2.75) is 45.3 Å². The molecule has 1 aromatic rings. The van der Waals surface area contributed by atoms with Crippen molar-refractivity contribution in [1.29, 1.82) is 0 Å². The average molecular weight is 400 g/mol. The van der Waals surface area contributed by atoms with E-state index in [0.717, 1.165) is 11.3 Å². The second kappa shape index (κ2) is 10.7. The summed E-state index contributed by atoms with van der Waals surface area (Å²) in [6.07, 6.45) is 4.90. The molecular weight excluding hydrogens is 374 g/mol. The Morgan fingerprint density at radius 2 is 2.25 bits per heavy atom. The molecule has 148 valence electrons. The Bertz CT molecular complexity index is 849. The highest BCUT2D eigenvalue weighted by atomic mass is 32.1. The highest BCUT2D eigenvalue weighted by Gasteiger charge is 2.28. The molecule has 1 aromatic heterocycles. The number of nitrogens with zero attached hydrogens (tertiary/aromatic N) is 1. The van der Waals surface area contributed by atoms with Crippen molar-refractivity contribution in [2.24, 2.45) is 5.92 Å². The molecule has 0 aliphatic carbocycles. The maximum absolute atomic E-state index is 12.2. The summed E-state index contributed by atoms with van der Waals surface area (Å²) >= 11 is 1.26. The topological polar surface area (TPSA) is 66.8 Å². The van der Waals surface area contributed by atoms with E-state index in [2.05, 4.69) is 28.4 Å². The number of thiophene rings is 1. The third-order valence-corrected chi connectivity index (χ3v) is 5.52. The zero-order valence-corrected chi connectivity index (χ0v) is 17.2. The van der Waals surface area contributed by atoms with Crippen molar-refractivity contribution in [3.05, 3.63) is 34.0 Å². The SMILES string of the molecule is CC#CC[C@H](C)[C@H](O)C=C[C@H]1CCC(=O)N1CC#Cc1ccc(C(=O)OC)s1. The maximum Gasteiger partial charge on any atom is 0.348 e. The van der Waals surface area contributed by atoms with Gasteiger partial charge in [0.25, 0.3) is 0 Å². The molecule has 0 radical (unpaired) electrons. The number of aliphatic hydroxyl groups is 1. The Labute approximate surface area is 170 Å². The van der Waals surface area contributed by atoms with Crippen LogP contribution in [0.15, 0.2) is 24.3 Å². The van der Waals surface area contributed by atoms with E-state index in [0.29, 0.717) is 24.3 Å². The summed E-state index contributed by atoms with van der Waals surface area (Å²) in [5, 5.41) is 10.2. The van der Waals surface area contributed by atoms with Gasteiger partial charge < -0.3 is 14.7 Å². The van der Waals surface area contributed by atoms with Crippen LogP contribution in [0.25, 0.3) is 0 Å². The molecule has 0 aromatic carbocycles. The number of ether oxygens (including phenoxy) is 1. The highest BCUT2D eigenvalue weighted by molar-refractivity contribution is 7.14. The second-order valence-corrected chi connectivity index (χ2v) is 7.65. The summed E-state index contributed by atoms with van der Waals surface area (Å²) in [5.41, 5.74) is 0. The Balaban J connectivity index is 1.97. The van der Waals surface area contributed by atoms with Gasteiger partial charge in [0.05, 0.1) is 30.7 Å². The number of esters is 1.